The Kier molecular flexibility index (Phi) is 5.58. The van der Waals surface area contributed by atoms with Crippen molar-refractivity contribution < 1.29 is 14.3 Å². The highest BCUT2D eigenvalue weighted by molar-refractivity contribution is 5.90. The van der Waals surface area contributed by atoms with Gasteiger partial charge in [0.2, 0.25) is 11.8 Å². The second-order valence-corrected chi connectivity index (χ2v) is 4.40. The molecule has 0 saturated carbocycles. The third-order valence-electron chi connectivity index (χ3n) is 2.79. The van der Waals surface area contributed by atoms with Crippen LogP contribution < -0.4 is 14.8 Å². The maximum Gasteiger partial charge on any atom is 0.224 e. The maximum atomic E-state index is 11.8. The number of nitrogens with zero attached hydrogens (tertiary/aromatic N) is 1. The van der Waals surface area contributed by atoms with Gasteiger partial charge >= 0.3 is 0 Å². The summed E-state index contributed by atoms with van der Waals surface area (Å²) >= 11 is 0. The third-order valence-corrected chi connectivity index (χ3v) is 2.79. The van der Waals surface area contributed by atoms with Crippen LogP contribution in [0.4, 0.5) is 5.69 Å². The molecule has 1 N–H and O–H groups in total. The number of carbonyl (C=O) groups excluding carboxylic acids is 1. The smallest absolute Gasteiger partial charge is 0.224 e. The second-order valence-electron chi connectivity index (χ2n) is 4.40. The molecule has 5 nitrogen and oxygen atoms in total. The zero-order valence-electron chi connectivity index (χ0n) is 11.9. The molecule has 0 aliphatic heterocycles. The molecule has 0 radical (unpaired) electrons. The van der Waals surface area contributed by atoms with Gasteiger partial charge in [-0.25, -0.2) is 4.98 Å². The van der Waals surface area contributed by atoms with Crippen molar-refractivity contribution in [2.45, 2.75) is 12.8 Å². The van der Waals surface area contributed by atoms with Crippen LogP contribution in [0.1, 0.15) is 12.8 Å². The van der Waals surface area contributed by atoms with E-state index in [1.54, 1.807) is 25.4 Å². The Morgan fingerprint density at radius 1 is 1.19 bits per heavy atom. The molecule has 0 aliphatic rings. The summed E-state index contributed by atoms with van der Waals surface area (Å²) in [5.74, 6) is 1.28. The van der Waals surface area contributed by atoms with Crippen LogP contribution in [0.2, 0.25) is 0 Å². The first-order valence-corrected chi connectivity index (χ1v) is 6.75. The number of amides is 1. The molecule has 1 aromatic heterocycles. The fraction of sp³-hybridized carbons (Fsp3) is 0.250. The molecule has 2 rings (SSSR count). The molecule has 0 fully saturated rings. The van der Waals surface area contributed by atoms with Crippen LogP contribution in [0.15, 0.2) is 48.7 Å². The summed E-state index contributed by atoms with van der Waals surface area (Å²) in [5, 5.41) is 2.78. The summed E-state index contributed by atoms with van der Waals surface area (Å²) < 4.78 is 10.5. The summed E-state index contributed by atoms with van der Waals surface area (Å²) in [7, 11) is 1.55. The van der Waals surface area contributed by atoms with Gasteiger partial charge in [-0.2, -0.15) is 0 Å². The van der Waals surface area contributed by atoms with Crippen LogP contribution in [0.3, 0.4) is 0 Å². The van der Waals surface area contributed by atoms with Crippen molar-refractivity contribution in [2.75, 3.05) is 19.0 Å². The van der Waals surface area contributed by atoms with Gasteiger partial charge < -0.3 is 14.8 Å². The number of benzene rings is 1. The molecule has 0 aliphatic carbocycles. The number of methoxy groups -OCH3 is 1. The Morgan fingerprint density at radius 3 is 2.67 bits per heavy atom. The highest BCUT2D eigenvalue weighted by atomic mass is 16.5. The predicted molar refractivity (Wildman–Crippen MR) is 80.6 cm³/mol. The van der Waals surface area contributed by atoms with Crippen LogP contribution in [-0.4, -0.2) is 24.6 Å². The Bertz CT molecular complexity index is 555. The van der Waals surface area contributed by atoms with Crippen molar-refractivity contribution in [1.82, 2.24) is 4.98 Å². The third kappa shape index (κ3) is 5.14. The van der Waals surface area contributed by atoms with Gasteiger partial charge in [-0.1, -0.05) is 18.2 Å². The first-order valence-electron chi connectivity index (χ1n) is 6.75. The number of nitrogens with one attached hydrogen (secondary N) is 1. The molecule has 0 atom stereocenters. The van der Waals surface area contributed by atoms with E-state index >= 15 is 0 Å². The number of carbonyl (C=O) groups is 1. The zero-order valence-corrected chi connectivity index (χ0v) is 11.9. The maximum absolute atomic E-state index is 11.8. The molecule has 2 aromatic rings. The Morgan fingerprint density at radius 2 is 2.00 bits per heavy atom. The van der Waals surface area contributed by atoms with Crippen LogP contribution in [-0.2, 0) is 4.79 Å². The van der Waals surface area contributed by atoms with Crippen molar-refractivity contribution in [3.05, 3.63) is 48.7 Å². The molecule has 1 heterocycles. The molecule has 5 heteroatoms. The SMILES string of the molecule is COc1ccc(NC(=O)CCCOc2ccccc2)cn1. The van der Waals surface area contributed by atoms with Gasteiger partial charge in [0, 0.05) is 12.5 Å². The number of rotatable bonds is 7. The van der Waals surface area contributed by atoms with Crippen LogP contribution in [0.25, 0.3) is 0 Å². The van der Waals surface area contributed by atoms with E-state index in [1.807, 2.05) is 30.3 Å². The summed E-state index contributed by atoms with van der Waals surface area (Å²) in [5.41, 5.74) is 0.657. The first kappa shape index (κ1) is 14.8. The number of para-hydroxylation sites is 1. The van der Waals surface area contributed by atoms with E-state index in [-0.39, 0.29) is 5.91 Å². The van der Waals surface area contributed by atoms with Crippen LogP contribution in [0.5, 0.6) is 11.6 Å². The predicted octanol–water partition coefficient (Wildman–Crippen LogP) is 2.89. The van der Waals surface area contributed by atoms with Crippen LogP contribution in [0, 0.1) is 0 Å². The van der Waals surface area contributed by atoms with Crippen molar-refractivity contribution in [3.63, 3.8) is 0 Å². The number of hydrogen-bond acceptors (Lipinski definition) is 4. The van der Waals surface area contributed by atoms with E-state index in [4.69, 9.17) is 9.47 Å². The minimum absolute atomic E-state index is 0.0568. The molecule has 0 spiro atoms. The van der Waals surface area contributed by atoms with E-state index in [9.17, 15) is 4.79 Å². The normalized spacial score (nSPS) is 9.95. The number of hydrogen-bond donors (Lipinski definition) is 1. The molecule has 0 bridgehead atoms. The Labute approximate surface area is 123 Å². The minimum atomic E-state index is -0.0568. The van der Waals surface area contributed by atoms with Gasteiger partial charge in [0.15, 0.2) is 0 Å². The Balaban J connectivity index is 1.67. The van der Waals surface area contributed by atoms with Crippen molar-refractivity contribution in [1.29, 1.82) is 0 Å². The average molecular weight is 286 g/mol. The van der Waals surface area contributed by atoms with Crippen LogP contribution >= 0.6 is 0 Å². The lowest BCUT2D eigenvalue weighted by Crippen LogP contribution is -2.13. The summed E-state index contributed by atoms with van der Waals surface area (Å²) in [6, 6.07) is 13.0. The van der Waals surface area contributed by atoms with Gasteiger partial charge in [0.1, 0.15) is 5.75 Å². The van der Waals surface area contributed by atoms with Crippen molar-refractivity contribution >= 4 is 11.6 Å². The van der Waals surface area contributed by atoms with Crippen molar-refractivity contribution in [3.8, 4) is 11.6 Å². The number of anilines is 1. The zero-order chi connectivity index (χ0) is 14.9. The molecule has 1 amide bonds. The molecule has 1 aromatic carbocycles. The fourth-order valence-electron chi connectivity index (χ4n) is 1.74. The number of pyridine rings is 1. The number of aromatic nitrogens is 1. The highest BCUT2D eigenvalue weighted by Gasteiger charge is 2.03. The lowest BCUT2D eigenvalue weighted by molar-refractivity contribution is -0.116. The van der Waals surface area contributed by atoms with Gasteiger partial charge in [-0.05, 0) is 24.6 Å². The molecule has 0 unspecified atom stereocenters. The molecule has 0 saturated heterocycles. The topological polar surface area (TPSA) is 60.5 Å². The molecule has 21 heavy (non-hydrogen) atoms. The molecular weight excluding hydrogens is 268 g/mol. The Hall–Kier alpha value is -2.56. The van der Waals surface area contributed by atoms with E-state index in [1.165, 1.54) is 0 Å². The average Bonchev–Trinajstić information content (AvgIpc) is 2.53. The largest absolute Gasteiger partial charge is 0.494 e. The first-order chi connectivity index (χ1) is 10.3. The van der Waals surface area contributed by atoms with E-state index in [0.717, 1.165) is 5.75 Å². The quantitative estimate of drug-likeness (QED) is 0.795. The monoisotopic (exact) mass is 286 g/mol. The molecule has 110 valence electrons. The lowest BCUT2D eigenvalue weighted by Gasteiger charge is -2.07. The van der Waals surface area contributed by atoms with Gasteiger partial charge in [0.05, 0.1) is 25.6 Å². The summed E-state index contributed by atoms with van der Waals surface area (Å²) in [6.45, 7) is 0.512. The van der Waals surface area contributed by atoms with E-state index < -0.39 is 0 Å². The highest BCUT2D eigenvalue weighted by Crippen LogP contribution is 2.12. The van der Waals surface area contributed by atoms with E-state index in [2.05, 4.69) is 10.3 Å². The van der Waals surface area contributed by atoms with Crippen molar-refractivity contribution in [2.24, 2.45) is 0 Å². The molecular formula is C16H18N2O3. The second kappa shape index (κ2) is 7.89. The summed E-state index contributed by atoms with van der Waals surface area (Å²) in [6.07, 6.45) is 2.63. The minimum Gasteiger partial charge on any atom is -0.494 e. The summed E-state index contributed by atoms with van der Waals surface area (Å²) in [4.78, 5) is 15.8. The van der Waals surface area contributed by atoms with Gasteiger partial charge in [-0.15, -0.1) is 0 Å². The van der Waals surface area contributed by atoms with Gasteiger partial charge in [-0.3, -0.25) is 4.79 Å². The standard InChI is InChI=1S/C16H18N2O3/c1-20-16-10-9-13(12-17-16)18-15(19)8-5-11-21-14-6-3-2-4-7-14/h2-4,6-7,9-10,12H,5,8,11H2,1H3,(H,18,19). The number of ether oxygens (including phenoxy) is 2. The van der Waals surface area contributed by atoms with E-state index in [0.29, 0.717) is 31.0 Å². The fourth-order valence-corrected chi connectivity index (χ4v) is 1.74. The lowest BCUT2D eigenvalue weighted by atomic mass is 10.3. The van der Waals surface area contributed by atoms with Gasteiger partial charge in [0.25, 0.3) is 0 Å².